The molecule has 0 aliphatic rings. The van der Waals surface area contributed by atoms with E-state index in [4.69, 9.17) is 27.9 Å². The zero-order valence-corrected chi connectivity index (χ0v) is 14.7. The first-order valence-electron chi connectivity index (χ1n) is 6.71. The number of halogens is 3. The van der Waals surface area contributed by atoms with Gasteiger partial charge in [-0.25, -0.2) is 0 Å². The molecule has 2 aromatic rings. The maximum atomic E-state index is 5.96. The van der Waals surface area contributed by atoms with Crippen molar-refractivity contribution in [3.05, 3.63) is 56.5 Å². The Labute approximate surface area is 143 Å². The van der Waals surface area contributed by atoms with Crippen LogP contribution in [0.15, 0.2) is 40.9 Å². The normalized spacial score (nSPS) is 10.7. The molecule has 0 amide bonds. The molecule has 0 spiro atoms. The highest BCUT2D eigenvalue weighted by molar-refractivity contribution is 9.10. The van der Waals surface area contributed by atoms with Crippen LogP contribution >= 0.6 is 39.1 Å². The Hall–Kier alpha value is -0.740. The summed E-state index contributed by atoms with van der Waals surface area (Å²) in [6.45, 7) is 3.98. The van der Waals surface area contributed by atoms with Gasteiger partial charge in [0.05, 0.1) is 0 Å². The van der Waals surface area contributed by atoms with E-state index in [9.17, 15) is 0 Å². The molecular weight excluding hydrogens is 373 g/mol. The summed E-state index contributed by atoms with van der Waals surface area (Å²) >= 11 is 15.5. The largest absolute Gasteiger partial charge is 0.457 e. The standard InChI is InChI=1S/C16H16BrCl2NO/c1-2-5-20-10-11-3-4-14(9-16(11)17)21-15-7-12(18)6-13(19)8-15/h3-4,6-9,20H,2,5,10H2,1H3. The van der Waals surface area contributed by atoms with Gasteiger partial charge in [0, 0.05) is 21.1 Å². The van der Waals surface area contributed by atoms with Crippen LogP contribution in [0, 0.1) is 0 Å². The van der Waals surface area contributed by atoms with E-state index in [1.165, 1.54) is 5.56 Å². The first kappa shape index (κ1) is 16.6. The van der Waals surface area contributed by atoms with E-state index in [0.29, 0.717) is 15.8 Å². The highest BCUT2D eigenvalue weighted by atomic mass is 79.9. The molecule has 2 nitrogen and oxygen atoms in total. The number of rotatable bonds is 6. The van der Waals surface area contributed by atoms with Gasteiger partial charge in [-0.3, -0.25) is 0 Å². The van der Waals surface area contributed by atoms with Crippen LogP contribution in [-0.4, -0.2) is 6.54 Å². The zero-order chi connectivity index (χ0) is 15.2. The predicted molar refractivity (Wildman–Crippen MR) is 92.7 cm³/mol. The summed E-state index contributed by atoms with van der Waals surface area (Å²) < 4.78 is 6.79. The lowest BCUT2D eigenvalue weighted by Crippen LogP contribution is -2.14. The van der Waals surface area contributed by atoms with E-state index in [0.717, 1.165) is 29.7 Å². The summed E-state index contributed by atoms with van der Waals surface area (Å²) in [7, 11) is 0. The van der Waals surface area contributed by atoms with Crippen molar-refractivity contribution in [2.24, 2.45) is 0 Å². The van der Waals surface area contributed by atoms with Crippen LogP contribution in [0.2, 0.25) is 10.0 Å². The third kappa shape index (κ3) is 5.19. The molecule has 0 unspecified atom stereocenters. The van der Waals surface area contributed by atoms with Crippen LogP contribution in [0.5, 0.6) is 11.5 Å². The lowest BCUT2D eigenvalue weighted by Gasteiger charge is -2.10. The van der Waals surface area contributed by atoms with Gasteiger partial charge in [-0.1, -0.05) is 52.1 Å². The quantitative estimate of drug-likeness (QED) is 0.608. The summed E-state index contributed by atoms with van der Waals surface area (Å²) in [6, 6.07) is 11.1. The lowest BCUT2D eigenvalue weighted by atomic mass is 10.2. The van der Waals surface area contributed by atoms with Crippen molar-refractivity contribution < 1.29 is 4.74 Å². The maximum Gasteiger partial charge on any atom is 0.130 e. The Morgan fingerprint density at radius 3 is 2.38 bits per heavy atom. The second kappa shape index (κ2) is 8.04. The maximum absolute atomic E-state index is 5.96. The van der Waals surface area contributed by atoms with Gasteiger partial charge < -0.3 is 10.1 Å². The highest BCUT2D eigenvalue weighted by Gasteiger charge is 2.05. The second-order valence-electron chi connectivity index (χ2n) is 4.64. The lowest BCUT2D eigenvalue weighted by molar-refractivity contribution is 0.482. The van der Waals surface area contributed by atoms with Crippen molar-refractivity contribution >= 4 is 39.1 Å². The molecule has 112 valence electrons. The van der Waals surface area contributed by atoms with Gasteiger partial charge in [-0.05, 0) is 48.9 Å². The summed E-state index contributed by atoms with van der Waals surface area (Å²) in [6.07, 6.45) is 1.12. The molecule has 0 heterocycles. The molecule has 2 aromatic carbocycles. The van der Waals surface area contributed by atoms with Gasteiger partial charge in [0.2, 0.25) is 0 Å². The van der Waals surface area contributed by atoms with Crippen molar-refractivity contribution in [2.45, 2.75) is 19.9 Å². The average molecular weight is 389 g/mol. The van der Waals surface area contributed by atoms with E-state index in [1.54, 1.807) is 18.2 Å². The molecule has 21 heavy (non-hydrogen) atoms. The Bertz CT molecular complexity index is 599. The van der Waals surface area contributed by atoms with Crippen molar-refractivity contribution in [2.75, 3.05) is 6.54 Å². The van der Waals surface area contributed by atoms with E-state index in [2.05, 4.69) is 28.2 Å². The average Bonchev–Trinajstić information content (AvgIpc) is 2.40. The molecule has 0 radical (unpaired) electrons. The van der Waals surface area contributed by atoms with Crippen LogP contribution in [-0.2, 0) is 6.54 Å². The third-order valence-corrected chi connectivity index (χ3v) is 4.01. The Morgan fingerprint density at radius 2 is 1.76 bits per heavy atom. The van der Waals surface area contributed by atoms with E-state index in [-0.39, 0.29) is 0 Å². The van der Waals surface area contributed by atoms with Gasteiger partial charge in [0.15, 0.2) is 0 Å². The fraction of sp³-hybridized carbons (Fsp3) is 0.250. The topological polar surface area (TPSA) is 21.3 Å². The van der Waals surface area contributed by atoms with Crippen LogP contribution < -0.4 is 10.1 Å². The number of hydrogen-bond donors (Lipinski definition) is 1. The minimum atomic E-state index is 0.553. The third-order valence-electron chi connectivity index (χ3n) is 2.84. The monoisotopic (exact) mass is 387 g/mol. The molecule has 2 rings (SSSR count). The van der Waals surface area contributed by atoms with Crippen molar-refractivity contribution in [3.63, 3.8) is 0 Å². The van der Waals surface area contributed by atoms with Crippen LogP contribution in [0.3, 0.4) is 0 Å². The zero-order valence-electron chi connectivity index (χ0n) is 11.6. The van der Waals surface area contributed by atoms with E-state index in [1.807, 2.05) is 18.2 Å². The SMILES string of the molecule is CCCNCc1ccc(Oc2cc(Cl)cc(Cl)c2)cc1Br. The molecule has 1 N–H and O–H groups in total. The first-order chi connectivity index (χ1) is 10.1. The Morgan fingerprint density at radius 1 is 1.05 bits per heavy atom. The summed E-state index contributed by atoms with van der Waals surface area (Å²) in [5.41, 5.74) is 1.19. The molecule has 0 atom stereocenters. The number of nitrogens with one attached hydrogen (secondary N) is 1. The van der Waals surface area contributed by atoms with Gasteiger partial charge in [0.1, 0.15) is 11.5 Å². The van der Waals surface area contributed by atoms with Crippen LogP contribution in [0.1, 0.15) is 18.9 Å². The van der Waals surface area contributed by atoms with Gasteiger partial charge in [-0.15, -0.1) is 0 Å². The molecule has 0 aliphatic heterocycles. The van der Waals surface area contributed by atoms with E-state index >= 15 is 0 Å². The minimum absolute atomic E-state index is 0.553. The van der Waals surface area contributed by atoms with Crippen molar-refractivity contribution in [3.8, 4) is 11.5 Å². The summed E-state index contributed by atoms with van der Waals surface area (Å²) in [5.74, 6) is 1.36. The van der Waals surface area contributed by atoms with Crippen LogP contribution in [0.4, 0.5) is 0 Å². The van der Waals surface area contributed by atoms with E-state index < -0.39 is 0 Å². The smallest absolute Gasteiger partial charge is 0.130 e. The highest BCUT2D eigenvalue weighted by Crippen LogP contribution is 2.30. The number of ether oxygens (including phenoxy) is 1. The number of benzene rings is 2. The Kier molecular flexibility index (Phi) is 6.37. The number of hydrogen-bond acceptors (Lipinski definition) is 2. The molecular formula is C16H16BrCl2NO. The van der Waals surface area contributed by atoms with Gasteiger partial charge >= 0.3 is 0 Å². The molecule has 0 aliphatic carbocycles. The fourth-order valence-electron chi connectivity index (χ4n) is 1.86. The van der Waals surface area contributed by atoms with Crippen molar-refractivity contribution in [1.82, 2.24) is 5.32 Å². The molecule has 0 fully saturated rings. The molecule has 0 saturated carbocycles. The van der Waals surface area contributed by atoms with Crippen molar-refractivity contribution in [1.29, 1.82) is 0 Å². The second-order valence-corrected chi connectivity index (χ2v) is 6.36. The summed E-state index contributed by atoms with van der Waals surface area (Å²) in [4.78, 5) is 0. The molecule has 0 aromatic heterocycles. The fourth-order valence-corrected chi connectivity index (χ4v) is 2.86. The molecule has 0 bridgehead atoms. The first-order valence-corrected chi connectivity index (χ1v) is 8.26. The summed E-state index contributed by atoms with van der Waals surface area (Å²) in [5, 5.41) is 4.48. The minimum Gasteiger partial charge on any atom is -0.457 e. The predicted octanol–water partition coefficient (Wildman–Crippen LogP) is 6.05. The van der Waals surface area contributed by atoms with Gasteiger partial charge in [0.25, 0.3) is 0 Å². The molecule has 5 heteroatoms. The molecule has 0 saturated heterocycles. The Balaban J connectivity index is 2.09. The van der Waals surface area contributed by atoms with Gasteiger partial charge in [-0.2, -0.15) is 0 Å². The van der Waals surface area contributed by atoms with Crippen LogP contribution in [0.25, 0.3) is 0 Å².